The van der Waals surface area contributed by atoms with E-state index in [1.807, 2.05) is 24.3 Å². The van der Waals surface area contributed by atoms with Crippen LogP contribution in [-0.2, 0) is 9.47 Å². The van der Waals surface area contributed by atoms with Gasteiger partial charge in [0, 0.05) is 36.9 Å². The molecule has 0 saturated heterocycles. The Morgan fingerprint density at radius 1 is 1.21 bits per heavy atom. The third kappa shape index (κ3) is 5.76. The molecule has 19 heavy (non-hydrogen) atoms. The minimum absolute atomic E-state index is 0.198. The molecule has 0 aliphatic rings. The van der Waals surface area contributed by atoms with E-state index in [1.54, 1.807) is 26.0 Å². The summed E-state index contributed by atoms with van der Waals surface area (Å²) < 4.78 is 10.3. The van der Waals surface area contributed by atoms with Gasteiger partial charge in [0.15, 0.2) is 12.1 Å². The first-order chi connectivity index (χ1) is 9.21. The first kappa shape index (κ1) is 16.2. The third-order valence-electron chi connectivity index (χ3n) is 2.85. The summed E-state index contributed by atoms with van der Waals surface area (Å²) in [6.07, 6.45) is 2.45. The van der Waals surface area contributed by atoms with Crippen LogP contribution in [0.4, 0.5) is 0 Å². The van der Waals surface area contributed by atoms with E-state index in [9.17, 15) is 4.79 Å². The molecule has 0 heterocycles. The molecule has 0 saturated carbocycles. The van der Waals surface area contributed by atoms with Crippen LogP contribution in [0.5, 0.6) is 0 Å². The van der Waals surface area contributed by atoms with Crippen molar-refractivity contribution in [1.29, 1.82) is 0 Å². The lowest BCUT2D eigenvalue weighted by molar-refractivity contribution is -0.0842. The molecule has 0 aliphatic heterocycles. The molecule has 0 unspecified atom stereocenters. The van der Waals surface area contributed by atoms with Crippen molar-refractivity contribution in [2.24, 2.45) is 0 Å². The first-order valence-electron chi connectivity index (χ1n) is 6.53. The second kappa shape index (κ2) is 9.13. The fraction of sp³-hybridized carbons (Fsp3) is 0.533. The molecule has 0 N–H and O–H groups in total. The molecule has 0 aromatic heterocycles. The van der Waals surface area contributed by atoms with Crippen molar-refractivity contribution < 1.29 is 14.3 Å². The molecule has 0 radical (unpaired) electrons. The number of unbranched alkanes of at least 4 members (excludes halogenated alkanes) is 1. The summed E-state index contributed by atoms with van der Waals surface area (Å²) in [7, 11) is 3.26. The molecule has 4 heteroatoms. The Balaban J connectivity index is 2.49. The van der Waals surface area contributed by atoms with E-state index in [4.69, 9.17) is 9.47 Å². The van der Waals surface area contributed by atoms with Crippen molar-refractivity contribution in [3.8, 4) is 0 Å². The van der Waals surface area contributed by atoms with Crippen LogP contribution in [0.1, 0.15) is 36.5 Å². The highest BCUT2D eigenvalue weighted by atomic mass is 32.2. The van der Waals surface area contributed by atoms with Crippen LogP contribution in [0.3, 0.4) is 0 Å². The monoisotopic (exact) mass is 282 g/mol. The number of thioether (sulfide) groups is 1. The van der Waals surface area contributed by atoms with E-state index in [1.165, 1.54) is 0 Å². The van der Waals surface area contributed by atoms with Crippen molar-refractivity contribution >= 4 is 17.5 Å². The van der Waals surface area contributed by atoms with Crippen LogP contribution in [0.2, 0.25) is 0 Å². The van der Waals surface area contributed by atoms with E-state index < -0.39 is 0 Å². The largest absolute Gasteiger partial charge is 0.355 e. The summed E-state index contributed by atoms with van der Waals surface area (Å²) in [4.78, 5) is 12.9. The highest BCUT2D eigenvalue weighted by Gasteiger charge is 2.07. The van der Waals surface area contributed by atoms with Crippen molar-refractivity contribution in [1.82, 2.24) is 0 Å². The summed E-state index contributed by atoms with van der Waals surface area (Å²) in [6, 6.07) is 7.75. The van der Waals surface area contributed by atoms with Crippen LogP contribution in [0.25, 0.3) is 0 Å². The van der Waals surface area contributed by atoms with Crippen molar-refractivity contribution in [2.75, 3.05) is 20.0 Å². The first-order valence-corrected chi connectivity index (χ1v) is 7.51. The molecular formula is C15H22O3S. The maximum Gasteiger partial charge on any atom is 0.166 e. The molecule has 0 amide bonds. The normalized spacial score (nSPS) is 10.9. The zero-order chi connectivity index (χ0) is 14.1. The second-order valence-corrected chi connectivity index (χ2v) is 5.36. The Labute approximate surface area is 119 Å². The van der Waals surface area contributed by atoms with Gasteiger partial charge in [0.2, 0.25) is 0 Å². The van der Waals surface area contributed by atoms with Crippen LogP contribution >= 0.6 is 11.8 Å². The number of Topliss-reactive ketones (excluding diaryl/α,β-unsaturated/α-hetero) is 1. The lowest BCUT2D eigenvalue weighted by Crippen LogP contribution is -2.15. The van der Waals surface area contributed by atoms with Gasteiger partial charge in [-0.1, -0.05) is 25.5 Å². The van der Waals surface area contributed by atoms with Crippen LogP contribution < -0.4 is 0 Å². The molecule has 3 nitrogen and oxygen atoms in total. The van der Waals surface area contributed by atoms with E-state index >= 15 is 0 Å². The molecule has 1 aromatic rings. The predicted molar refractivity (Wildman–Crippen MR) is 78.8 cm³/mol. The molecule has 1 rings (SSSR count). The zero-order valence-corrected chi connectivity index (χ0v) is 12.7. The fourth-order valence-electron chi connectivity index (χ4n) is 1.62. The molecule has 0 atom stereocenters. The van der Waals surface area contributed by atoms with Gasteiger partial charge in [-0.05, 0) is 18.6 Å². The smallest absolute Gasteiger partial charge is 0.166 e. The average Bonchev–Trinajstić information content (AvgIpc) is 2.46. The topological polar surface area (TPSA) is 35.5 Å². The average molecular weight is 282 g/mol. The van der Waals surface area contributed by atoms with Crippen LogP contribution in [0.15, 0.2) is 29.2 Å². The predicted octanol–water partition coefficient (Wildman–Crippen LogP) is 3.77. The highest BCUT2D eigenvalue weighted by molar-refractivity contribution is 7.99. The SMILES string of the molecule is CCCCC(=O)c1ccc(SCC(OC)OC)cc1. The number of ketones is 1. The Morgan fingerprint density at radius 3 is 2.37 bits per heavy atom. The van der Waals surface area contributed by atoms with Gasteiger partial charge in [-0.3, -0.25) is 4.79 Å². The minimum atomic E-state index is -0.198. The lowest BCUT2D eigenvalue weighted by atomic mass is 10.1. The van der Waals surface area contributed by atoms with Crippen LogP contribution in [0, 0.1) is 0 Å². The maximum atomic E-state index is 11.8. The number of ether oxygens (including phenoxy) is 2. The van der Waals surface area contributed by atoms with Gasteiger partial charge < -0.3 is 9.47 Å². The Bertz CT molecular complexity index is 371. The number of rotatable bonds is 9. The van der Waals surface area contributed by atoms with Gasteiger partial charge in [0.25, 0.3) is 0 Å². The number of hydrogen-bond donors (Lipinski definition) is 0. The van der Waals surface area contributed by atoms with Gasteiger partial charge in [-0.2, -0.15) is 0 Å². The van der Waals surface area contributed by atoms with E-state index in [0.717, 1.165) is 29.1 Å². The third-order valence-corrected chi connectivity index (χ3v) is 3.89. The number of carbonyl (C=O) groups excluding carboxylic acids is 1. The zero-order valence-electron chi connectivity index (χ0n) is 11.8. The standard InChI is InChI=1S/C15H22O3S/c1-4-5-6-14(16)12-7-9-13(10-8-12)19-11-15(17-2)18-3/h7-10,15H,4-6,11H2,1-3H3. The van der Waals surface area contributed by atoms with Crippen molar-refractivity contribution in [2.45, 2.75) is 37.4 Å². The van der Waals surface area contributed by atoms with Crippen molar-refractivity contribution in [3.05, 3.63) is 29.8 Å². The van der Waals surface area contributed by atoms with Crippen LogP contribution in [-0.4, -0.2) is 32.0 Å². The van der Waals surface area contributed by atoms with Crippen molar-refractivity contribution in [3.63, 3.8) is 0 Å². The molecule has 106 valence electrons. The summed E-state index contributed by atoms with van der Waals surface area (Å²) in [6.45, 7) is 2.09. The summed E-state index contributed by atoms with van der Waals surface area (Å²) in [5.74, 6) is 0.959. The summed E-state index contributed by atoms with van der Waals surface area (Å²) in [5, 5.41) is 0. The fourth-order valence-corrected chi connectivity index (χ4v) is 2.54. The van der Waals surface area contributed by atoms with E-state index in [-0.39, 0.29) is 12.1 Å². The summed E-state index contributed by atoms with van der Waals surface area (Å²) in [5.41, 5.74) is 0.799. The number of hydrogen-bond acceptors (Lipinski definition) is 4. The number of carbonyl (C=O) groups is 1. The van der Waals surface area contributed by atoms with Gasteiger partial charge in [-0.15, -0.1) is 11.8 Å². The molecule has 1 aromatic carbocycles. The summed E-state index contributed by atoms with van der Waals surface area (Å²) >= 11 is 1.65. The minimum Gasteiger partial charge on any atom is -0.355 e. The Kier molecular flexibility index (Phi) is 7.79. The second-order valence-electron chi connectivity index (χ2n) is 4.26. The van der Waals surface area contributed by atoms with E-state index in [2.05, 4.69) is 6.92 Å². The molecule has 0 bridgehead atoms. The molecule has 0 fully saturated rings. The maximum absolute atomic E-state index is 11.8. The lowest BCUT2D eigenvalue weighted by Gasteiger charge is -2.12. The highest BCUT2D eigenvalue weighted by Crippen LogP contribution is 2.21. The number of methoxy groups -OCH3 is 2. The number of benzene rings is 1. The van der Waals surface area contributed by atoms with Gasteiger partial charge in [0.1, 0.15) is 0 Å². The molecule has 0 spiro atoms. The quantitative estimate of drug-likeness (QED) is 0.392. The molecule has 0 aliphatic carbocycles. The van der Waals surface area contributed by atoms with Gasteiger partial charge >= 0.3 is 0 Å². The Hall–Kier alpha value is -0.840. The van der Waals surface area contributed by atoms with Gasteiger partial charge in [-0.25, -0.2) is 0 Å². The van der Waals surface area contributed by atoms with E-state index in [0.29, 0.717) is 6.42 Å². The Morgan fingerprint density at radius 2 is 1.84 bits per heavy atom. The van der Waals surface area contributed by atoms with Gasteiger partial charge in [0.05, 0.1) is 0 Å². The molecular weight excluding hydrogens is 260 g/mol.